The first-order valence-electron chi connectivity index (χ1n) is 17.9. The van der Waals surface area contributed by atoms with Crippen LogP contribution in [0.5, 0.6) is 5.75 Å². The second kappa shape index (κ2) is 20.0. The molecule has 4 aromatic carbocycles. The van der Waals surface area contributed by atoms with Crippen LogP contribution in [0.2, 0.25) is 0 Å². The number of benzene rings is 4. The quantitative estimate of drug-likeness (QED) is 0.0911. The number of likely N-dealkylation sites (tertiary alicyclic amines) is 1. The highest BCUT2D eigenvalue weighted by atomic mass is 32.2. The van der Waals surface area contributed by atoms with Gasteiger partial charge in [0, 0.05) is 36.5 Å². The van der Waals surface area contributed by atoms with Crippen LogP contribution in [0.25, 0.3) is 0 Å². The molecule has 1 heterocycles. The standard InChI is InChI=1S/C41H44N6O7S/c42-33(20-21-44-41(53)54-32-18-16-27(17-19-32)22-34(43)39(51)46-31-14-8-3-9-15-31)35(48)23-29(38(50)45-30-12-6-2-7-13-30)26-55-36-24-37(49)47(40(36)52)25-28-10-4-1-5-11-28/h1-19,29,33-34,36H,20-26,42-43H2,(H,44,53)(H,45,50)(H,46,51)/t29-,33-,34-,36?/m0/s1. The fourth-order valence-electron chi connectivity index (χ4n) is 5.77. The van der Waals surface area contributed by atoms with Crippen molar-refractivity contribution in [3.05, 3.63) is 126 Å². The van der Waals surface area contributed by atoms with Gasteiger partial charge in [-0.2, -0.15) is 0 Å². The number of hydrogen-bond donors (Lipinski definition) is 5. The number of nitrogens with zero attached hydrogens (tertiary/aromatic N) is 1. The largest absolute Gasteiger partial charge is 0.412 e. The predicted molar refractivity (Wildman–Crippen MR) is 211 cm³/mol. The number of Topliss-reactive ketones (excluding diaryl/α,β-unsaturated/α-hetero) is 1. The fourth-order valence-corrected chi connectivity index (χ4v) is 7.03. The van der Waals surface area contributed by atoms with Crippen LogP contribution in [-0.2, 0) is 36.9 Å². The third-order valence-corrected chi connectivity index (χ3v) is 10.2. The predicted octanol–water partition coefficient (Wildman–Crippen LogP) is 4.28. The van der Waals surface area contributed by atoms with Crippen molar-refractivity contribution in [3.63, 3.8) is 0 Å². The van der Waals surface area contributed by atoms with E-state index in [0.717, 1.165) is 11.1 Å². The van der Waals surface area contributed by atoms with E-state index in [-0.39, 0.29) is 68.0 Å². The Morgan fingerprint density at radius 2 is 1.33 bits per heavy atom. The van der Waals surface area contributed by atoms with E-state index in [1.807, 2.05) is 54.6 Å². The third kappa shape index (κ3) is 12.4. The molecule has 1 unspecified atom stereocenters. The number of nitrogens with two attached hydrogens (primary N) is 2. The molecule has 4 atom stereocenters. The van der Waals surface area contributed by atoms with Crippen molar-refractivity contribution in [1.82, 2.24) is 10.2 Å². The normalized spacial score (nSPS) is 15.5. The Kier molecular flexibility index (Phi) is 14.7. The molecular formula is C41H44N6O7S. The molecule has 0 aliphatic carbocycles. The van der Waals surface area contributed by atoms with Crippen LogP contribution in [0.15, 0.2) is 115 Å². The first-order valence-corrected chi connectivity index (χ1v) is 18.9. The summed E-state index contributed by atoms with van der Waals surface area (Å²) < 4.78 is 5.34. The molecule has 1 aliphatic heterocycles. The van der Waals surface area contributed by atoms with Crippen LogP contribution >= 0.6 is 11.8 Å². The molecule has 0 bridgehead atoms. The lowest BCUT2D eigenvalue weighted by molar-refractivity contribution is -0.139. The Balaban J connectivity index is 1.08. The van der Waals surface area contributed by atoms with Crippen molar-refractivity contribution in [2.24, 2.45) is 17.4 Å². The van der Waals surface area contributed by atoms with Crippen LogP contribution in [0.1, 0.15) is 30.4 Å². The average Bonchev–Trinajstić information content (AvgIpc) is 3.45. The highest BCUT2D eigenvalue weighted by Gasteiger charge is 2.39. The van der Waals surface area contributed by atoms with E-state index in [1.165, 1.54) is 16.7 Å². The lowest BCUT2D eigenvalue weighted by atomic mass is 9.98. The van der Waals surface area contributed by atoms with Crippen LogP contribution in [0.4, 0.5) is 16.2 Å². The summed E-state index contributed by atoms with van der Waals surface area (Å²) in [6.45, 7) is 0.196. The number of carbonyl (C=O) groups excluding carboxylic acids is 6. The molecule has 286 valence electrons. The third-order valence-electron chi connectivity index (χ3n) is 8.85. The number of para-hydroxylation sites is 2. The zero-order valence-electron chi connectivity index (χ0n) is 30.1. The molecule has 5 amide bonds. The molecule has 4 aromatic rings. The molecule has 1 saturated heterocycles. The van der Waals surface area contributed by atoms with Gasteiger partial charge >= 0.3 is 6.09 Å². The van der Waals surface area contributed by atoms with Gasteiger partial charge in [0.25, 0.3) is 0 Å². The summed E-state index contributed by atoms with van der Waals surface area (Å²) in [5.74, 6) is -2.22. The van der Waals surface area contributed by atoms with Gasteiger partial charge in [-0.15, -0.1) is 11.8 Å². The number of nitrogens with one attached hydrogen (secondary N) is 3. The van der Waals surface area contributed by atoms with E-state index in [1.54, 1.807) is 60.7 Å². The summed E-state index contributed by atoms with van der Waals surface area (Å²) >= 11 is 1.17. The molecule has 13 nitrogen and oxygen atoms in total. The van der Waals surface area contributed by atoms with Crippen molar-refractivity contribution in [2.75, 3.05) is 22.9 Å². The highest BCUT2D eigenvalue weighted by Crippen LogP contribution is 2.29. The Bertz CT molecular complexity index is 1930. The van der Waals surface area contributed by atoms with Gasteiger partial charge in [0.15, 0.2) is 0 Å². The van der Waals surface area contributed by atoms with Crippen LogP contribution < -0.4 is 32.2 Å². The number of imide groups is 1. The molecular weight excluding hydrogens is 721 g/mol. The SMILES string of the molecule is N[C@@H](CCNC(=O)Oc1ccc(C[C@H](N)C(=O)Nc2ccccc2)cc1)C(=O)C[C@@H](CSC1CC(=O)N(Cc2ccccc2)C1=O)C(=O)Nc1ccccc1. The maximum absolute atomic E-state index is 13.4. The number of carbonyl (C=O) groups is 6. The number of amides is 5. The first kappa shape index (κ1) is 40.4. The van der Waals surface area contributed by atoms with Crippen molar-refractivity contribution in [3.8, 4) is 5.75 Å². The number of ether oxygens (including phenoxy) is 1. The molecule has 5 rings (SSSR count). The molecule has 0 radical (unpaired) electrons. The summed E-state index contributed by atoms with van der Waals surface area (Å²) in [6.07, 6.45) is -0.592. The maximum atomic E-state index is 13.4. The van der Waals surface area contributed by atoms with E-state index >= 15 is 0 Å². The molecule has 14 heteroatoms. The van der Waals surface area contributed by atoms with E-state index in [2.05, 4.69) is 16.0 Å². The van der Waals surface area contributed by atoms with Crippen LogP contribution in [0.3, 0.4) is 0 Å². The van der Waals surface area contributed by atoms with Crippen LogP contribution in [-0.4, -0.2) is 70.0 Å². The number of thioether (sulfide) groups is 1. The first-order chi connectivity index (χ1) is 26.5. The average molecular weight is 765 g/mol. The Morgan fingerprint density at radius 3 is 1.95 bits per heavy atom. The van der Waals surface area contributed by atoms with Gasteiger partial charge in [-0.25, -0.2) is 4.79 Å². The Hall–Kier alpha value is -5.83. The van der Waals surface area contributed by atoms with Crippen molar-refractivity contribution < 1.29 is 33.5 Å². The summed E-state index contributed by atoms with van der Waals surface area (Å²) in [5, 5.41) is 7.50. The zero-order valence-corrected chi connectivity index (χ0v) is 30.9. The van der Waals surface area contributed by atoms with Crippen molar-refractivity contribution >= 4 is 58.6 Å². The molecule has 0 aromatic heterocycles. The van der Waals surface area contributed by atoms with Gasteiger partial charge < -0.3 is 32.2 Å². The van der Waals surface area contributed by atoms with Gasteiger partial charge in [0.2, 0.25) is 23.6 Å². The number of rotatable bonds is 18. The molecule has 1 fully saturated rings. The molecule has 0 spiro atoms. The van der Waals surface area contributed by atoms with Crippen molar-refractivity contribution in [2.45, 2.75) is 49.6 Å². The lowest BCUT2D eigenvalue weighted by Crippen LogP contribution is -2.39. The molecule has 1 aliphatic rings. The van der Waals surface area contributed by atoms with Gasteiger partial charge in [0.05, 0.1) is 29.8 Å². The molecule has 7 N–H and O–H groups in total. The van der Waals surface area contributed by atoms with E-state index in [0.29, 0.717) is 11.4 Å². The Labute approximate surface area is 323 Å². The summed E-state index contributed by atoms with van der Waals surface area (Å²) in [7, 11) is 0. The van der Waals surface area contributed by atoms with E-state index in [9.17, 15) is 28.8 Å². The second-order valence-electron chi connectivity index (χ2n) is 13.1. The minimum atomic E-state index is -0.990. The lowest BCUT2D eigenvalue weighted by Gasteiger charge is -2.20. The Morgan fingerprint density at radius 1 is 0.745 bits per heavy atom. The minimum absolute atomic E-state index is 0.00477. The van der Waals surface area contributed by atoms with Gasteiger partial charge in [-0.1, -0.05) is 78.9 Å². The number of ketones is 1. The number of anilines is 2. The second-order valence-corrected chi connectivity index (χ2v) is 14.3. The van der Waals surface area contributed by atoms with Crippen LogP contribution in [0, 0.1) is 5.92 Å². The van der Waals surface area contributed by atoms with Gasteiger partial charge in [-0.3, -0.25) is 28.9 Å². The summed E-state index contributed by atoms with van der Waals surface area (Å²) in [5.41, 5.74) is 15.1. The van der Waals surface area contributed by atoms with Gasteiger partial charge in [-0.05, 0) is 60.4 Å². The van der Waals surface area contributed by atoms with Gasteiger partial charge in [0.1, 0.15) is 11.5 Å². The summed E-state index contributed by atoms with van der Waals surface area (Å²) in [4.78, 5) is 78.7. The zero-order chi connectivity index (χ0) is 39.2. The smallest absolute Gasteiger partial charge is 0.410 e. The van der Waals surface area contributed by atoms with E-state index in [4.69, 9.17) is 16.2 Å². The van der Waals surface area contributed by atoms with Crippen molar-refractivity contribution in [1.29, 1.82) is 0 Å². The highest BCUT2D eigenvalue weighted by molar-refractivity contribution is 8.00. The molecule has 55 heavy (non-hydrogen) atoms. The topological polar surface area (TPSA) is 203 Å². The minimum Gasteiger partial charge on any atom is -0.410 e. The molecule has 0 saturated carbocycles. The fraction of sp³-hybridized carbons (Fsp3) is 0.268. The number of hydrogen-bond acceptors (Lipinski definition) is 10. The summed E-state index contributed by atoms with van der Waals surface area (Å²) in [6, 6.07) is 31.8. The van der Waals surface area contributed by atoms with E-state index < -0.39 is 41.0 Å². The maximum Gasteiger partial charge on any atom is 0.412 e. The monoisotopic (exact) mass is 764 g/mol.